The van der Waals surface area contributed by atoms with Crippen LogP contribution in [0.5, 0.6) is 0 Å². The number of carboxylic acid groups (broad SMARTS) is 4. The summed E-state index contributed by atoms with van der Waals surface area (Å²) in [5, 5.41) is 47.1. The predicted molar refractivity (Wildman–Crippen MR) is 193 cm³/mol. The lowest BCUT2D eigenvalue weighted by Gasteiger charge is -2.22. The summed E-state index contributed by atoms with van der Waals surface area (Å²) in [6.45, 7) is 0.123. The van der Waals surface area contributed by atoms with Gasteiger partial charge in [0.05, 0.1) is 55.6 Å². The van der Waals surface area contributed by atoms with E-state index in [9.17, 15) is 63.3 Å². The van der Waals surface area contributed by atoms with Crippen LogP contribution in [0.15, 0.2) is 35.3 Å². The fourth-order valence-electron chi connectivity index (χ4n) is 5.40. The van der Waals surface area contributed by atoms with Gasteiger partial charge in [-0.25, -0.2) is 14.8 Å². The molecule has 0 unspecified atom stereocenters. The summed E-state index contributed by atoms with van der Waals surface area (Å²) < 4.78 is 0. The maximum atomic E-state index is 13.1. The molecule has 304 valence electrons. The van der Waals surface area contributed by atoms with Crippen LogP contribution in [0.25, 0.3) is 11.2 Å². The molecule has 0 fully saturated rings. The smallest absolute Gasteiger partial charge is 0.326 e. The highest BCUT2D eigenvalue weighted by molar-refractivity contribution is 5.98. The number of aromatic nitrogens is 4. The second-order valence-corrected chi connectivity index (χ2v) is 12.6. The molecule has 3 rings (SSSR count). The number of Topliss-reactive ketones (excluding diaryl/α,β-unsaturated/α-hetero) is 2. The van der Waals surface area contributed by atoms with Crippen LogP contribution in [-0.4, -0.2) is 113 Å². The molecule has 23 nitrogen and oxygen atoms in total. The number of rotatable bonds is 23. The first-order chi connectivity index (χ1) is 26.9. The molecule has 57 heavy (non-hydrogen) atoms. The van der Waals surface area contributed by atoms with Crippen LogP contribution in [0.4, 0.5) is 11.6 Å². The second-order valence-electron chi connectivity index (χ2n) is 12.6. The zero-order chi connectivity index (χ0) is 42.4. The number of nitrogens with one attached hydrogen (secondary N) is 5. The SMILES string of the molecule is CNC(=O)[C@@H](CC(=O)O)CC(=O)[C@@H](CC(=O)O)NC(=O)[C@@H](CC(=O)O)CC(=O)CC[C@@H](NC(=O)c1ccc(NCc2cnc3nc(N)[nH]c(=O)c3n2)cc1)C(=O)O. The van der Waals surface area contributed by atoms with E-state index in [4.69, 9.17) is 10.8 Å². The second kappa shape index (κ2) is 20.4. The first kappa shape index (κ1) is 44.1. The van der Waals surface area contributed by atoms with E-state index < -0.39 is 128 Å². The Balaban J connectivity index is 1.60. The molecule has 1 aromatic carbocycles. The largest absolute Gasteiger partial charge is 0.481 e. The molecule has 0 aliphatic heterocycles. The van der Waals surface area contributed by atoms with Crippen LogP contribution in [-0.2, 0) is 44.9 Å². The van der Waals surface area contributed by atoms with Crippen LogP contribution in [0.1, 0.15) is 61.0 Å². The van der Waals surface area contributed by atoms with Crippen LogP contribution >= 0.6 is 0 Å². The molecule has 2 heterocycles. The Kier molecular flexibility index (Phi) is 15.8. The number of nitrogen functional groups attached to an aromatic ring is 1. The third-order valence-corrected chi connectivity index (χ3v) is 8.26. The van der Waals surface area contributed by atoms with E-state index in [1.807, 2.05) is 0 Å². The first-order valence-electron chi connectivity index (χ1n) is 17.0. The van der Waals surface area contributed by atoms with E-state index in [0.717, 1.165) is 0 Å². The molecular formula is C34H39N9O14. The summed E-state index contributed by atoms with van der Waals surface area (Å²) in [5.74, 6) is -13.9. The number of H-pyrrole nitrogens is 1. The number of aromatic amines is 1. The average molecular weight is 798 g/mol. The van der Waals surface area contributed by atoms with Gasteiger partial charge in [0.25, 0.3) is 11.5 Å². The number of carboxylic acids is 4. The van der Waals surface area contributed by atoms with Crippen LogP contribution in [0.2, 0.25) is 0 Å². The highest BCUT2D eigenvalue weighted by Crippen LogP contribution is 2.18. The third-order valence-electron chi connectivity index (χ3n) is 8.26. The van der Waals surface area contributed by atoms with Gasteiger partial charge in [0.15, 0.2) is 16.9 Å². The number of fused-ring (bicyclic) bond motifs is 1. The quantitative estimate of drug-likeness (QED) is 0.0531. The minimum absolute atomic E-state index is 0.0166. The molecular weight excluding hydrogens is 758 g/mol. The number of nitrogens with zero attached hydrogens (tertiary/aromatic N) is 3. The van der Waals surface area contributed by atoms with Gasteiger partial charge in [0, 0.05) is 37.6 Å². The molecule has 0 saturated heterocycles. The van der Waals surface area contributed by atoms with E-state index in [0.29, 0.717) is 11.4 Å². The van der Waals surface area contributed by atoms with Crippen molar-refractivity contribution >= 4 is 76.0 Å². The fraction of sp³-hybridized carbons (Fsp3) is 0.382. The van der Waals surface area contributed by atoms with Crippen molar-refractivity contribution in [3.8, 4) is 0 Å². The predicted octanol–water partition coefficient (Wildman–Crippen LogP) is -1.32. The van der Waals surface area contributed by atoms with Crippen LogP contribution < -0.4 is 32.6 Å². The van der Waals surface area contributed by atoms with Crippen molar-refractivity contribution in [2.24, 2.45) is 11.8 Å². The van der Waals surface area contributed by atoms with Crippen molar-refractivity contribution < 1.29 is 63.6 Å². The summed E-state index contributed by atoms with van der Waals surface area (Å²) in [4.78, 5) is 137. The van der Waals surface area contributed by atoms with E-state index >= 15 is 0 Å². The molecule has 0 spiro atoms. The standard InChI is InChI=1S/C34H39N9O14/c1-36-29(52)17(11-25(48)49)9-23(45)22(12-26(50)51)41-31(54)16(10-24(46)47)8-20(44)6-7-21(33(56)57)40-30(53)15-2-4-18(5-3-15)37-13-19-14-38-28-27(39-19)32(55)43-34(35)42-28/h2-5,14,16-17,21-22,37H,6-13H2,1H3,(H,36,52)(H,40,53)(H,41,54)(H,46,47)(H,48,49)(H,50,51)(H,56,57)(H3,35,38,42,43,55)/t16-,17-,21-,22-/m1/s1. The number of carbonyl (C=O) groups excluding carboxylic acids is 5. The van der Waals surface area contributed by atoms with Gasteiger partial charge in [-0.3, -0.25) is 48.1 Å². The summed E-state index contributed by atoms with van der Waals surface area (Å²) in [6.07, 6.45) is -3.92. The molecule has 0 radical (unpaired) electrons. The van der Waals surface area contributed by atoms with Gasteiger partial charge in [-0.2, -0.15) is 4.98 Å². The first-order valence-corrected chi connectivity index (χ1v) is 17.0. The van der Waals surface area contributed by atoms with Gasteiger partial charge in [-0.05, 0) is 30.7 Å². The number of nitrogens with two attached hydrogens (primary N) is 1. The number of aliphatic carboxylic acids is 4. The zero-order valence-electron chi connectivity index (χ0n) is 30.1. The highest BCUT2D eigenvalue weighted by Gasteiger charge is 2.33. The number of hydrogen-bond donors (Lipinski definition) is 10. The van der Waals surface area contributed by atoms with Crippen molar-refractivity contribution in [1.29, 1.82) is 0 Å². The molecule has 11 N–H and O–H groups in total. The zero-order valence-corrected chi connectivity index (χ0v) is 30.1. The summed E-state index contributed by atoms with van der Waals surface area (Å²) in [5.41, 5.74) is 5.94. The van der Waals surface area contributed by atoms with Crippen molar-refractivity contribution in [1.82, 2.24) is 35.9 Å². The van der Waals surface area contributed by atoms with Crippen molar-refractivity contribution in [3.63, 3.8) is 0 Å². The summed E-state index contributed by atoms with van der Waals surface area (Å²) >= 11 is 0. The van der Waals surface area contributed by atoms with Gasteiger partial charge in [0.1, 0.15) is 11.8 Å². The van der Waals surface area contributed by atoms with Crippen molar-refractivity contribution in [2.75, 3.05) is 18.1 Å². The van der Waals surface area contributed by atoms with Crippen molar-refractivity contribution in [2.45, 2.75) is 63.6 Å². The minimum Gasteiger partial charge on any atom is -0.481 e. The molecule has 2 aromatic heterocycles. The lowest BCUT2D eigenvalue weighted by molar-refractivity contribution is -0.145. The van der Waals surface area contributed by atoms with Crippen LogP contribution in [0, 0.1) is 11.8 Å². The lowest BCUT2D eigenvalue weighted by atomic mass is 9.91. The Morgan fingerprint density at radius 3 is 1.96 bits per heavy atom. The Morgan fingerprint density at radius 2 is 1.39 bits per heavy atom. The van der Waals surface area contributed by atoms with Crippen LogP contribution in [0.3, 0.4) is 0 Å². The highest BCUT2D eigenvalue weighted by atomic mass is 16.4. The van der Waals surface area contributed by atoms with Crippen molar-refractivity contribution in [3.05, 3.63) is 52.1 Å². The number of benzene rings is 1. The number of carbonyl (C=O) groups is 9. The fourth-order valence-corrected chi connectivity index (χ4v) is 5.40. The normalized spacial score (nSPS) is 12.9. The third kappa shape index (κ3) is 13.8. The molecule has 0 aliphatic rings. The Hall–Kier alpha value is -7.33. The van der Waals surface area contributed by atoms with Gasteiger partial charge in [0.2, 0.25) is 17.8 Å². The average Bonchev–Trinajstić information content (AvgIpc) is 3.13. The molecule has 3 amide bonds. The Bertz CT molecular complexity index is 2100. The Labute approximate surface area is 320 Å². The Morgan fingerprint density at radius 1 is 0.772 bits per heavy atom. The number of ketones is 2. The number of amides is 3. The molecule has 0 aliphatic carbocycles. The topological polar surface area (TPSA) is 380 Å². The maximum absolute atomic E-state index is 13.1. The monoisotopic (exact) mass is 797 g/mol. The number of hydrogen-bond acceptors (Lipinski definition) is 15. The van der Waals surface area contributed by atoms with Gasteiger partial charge >= 0.3 is 23.9 Å². The van der Waals surface area contributed by atoms with Gasteiger partial charge in [-0.1, -0.05) is 0 Å². The summed E-state index contributed by atoms with van der Waals surface area (Å²) in [6, 6.07) is 2.37. The molecule has 4 atom stereocenters. The van der Waals surface area contributed by atoms with E-state index in [1.54, 1.807) is 0 Å². The van der Waals surface area contributed by atoms with E-state index in [-0.39, 0.29) is 29.2 Å². The molecule has 3 aromatic rings. The van der Waals surface area contributed by atoms with E-state index in [1.165, 1.54) is 37.5 Å². The maximum Gasteiger partial charge on any atom is 0.326 e. The van der Waals surface area contributed by atoms with Gasteiger partial charge < -0.3 is 47.4 Å². The number of anilines is 2. The molecule has 0 saturated carbocycles. The molecule has 0 bridgehead atoms. The summed E-state index contributed by atoms with van der Waals surface area (Å²) in [7, 11) is 1.19. The van der Waals surface area contributed by atoms with Gasteiger partial charge in [-0.15, -0.1) is 0 Å². The lowest BCUT2D eigenvalue weighted by Crippen LogP contribution is -2.47. The minimum atomic E-state index is -1.82. The molecule has 23 heteroatoms. The van der Waals surface area contributed by atoms with E-state index in [2.05, 4.69) is 41.2 Å².